The molecule has 2 unspecified atom stereocenters. The van der Waals surface area contributed by atoms with Crippen LogP contribution >= 0.6 is 23.4 Å². The topological polar surface area (TPSA) is 12.0 Å². The molecule has 0 saturated carbocycles. The van der Waals surface area contributed by atoms with Crippen LogP contribution in [0.1, 0.15) is 37.4 Å². The van der Waals surface area contributed by atoms with Gasteiger partial charge in [-0.15, -0.1) is 0 Å². The Morgan fingerprint density at radius 3 is 3.00 bits per heavy atom. The monoisotopic (exact) mass is 273 g/mol. The molecule has 0 radical (unpaired) electrons. The average molecular weight is 274 g/mol. The molecule has 0 saturated heterocycles. The lowest BCUT2D eigenvalue weighted by atomic mass is 9.97. The Morgan fingerprint density at radius 2 is 2.29 bits per heavy atom. The van der Waals surface area contributed by atoms with Crippen molar-refractivity contribution in [3.05, 3.63) is 34.1 Å². The van der Waals surface area contributed by atoms with Crippen molar-refractivity contribution in [2.75, 3.05) is 6.54 Å². The second-order valence-corrected chi connectivity index (χ2v) is 6.26. The van der Waals surface area contributed by atoms with Crippen LogP contribution in [0.4, 0.5) is 4.39 Å². The molecule has 0 aliphatic carbocycles. The molecule has 0 aromatic heterocycles. The second-order valence-electron chi connectivity index (χ2n) is 4.42. The molecular formula is C13H17ClFNS. The summed E-state index contributed by atoms with van der Waals surface area (Å²) >= 11 is 8.04. The molecule has 1 heterocycles. The van der Waals surface area contributed by atoms with Crippen LogP contribution in [0.25, 0.3) is 0 Å². The Bertz CT molecular complexity index is 411. The molecule has 1 aliphatic heterocycles. The Labute approximate surface area is 111 Å². The third-order valence-electron chi connectivity index (χ3n) is 3.10. The number of nitrogens with one attached hydrogen (secondary N) is 1. The van der Waals surface area contributed by atoms with E-state index in [2.05, 4.69) is 19.2 Å². The van der Waals surface area contributed by atoms with Crippen molar-refractivity contribution in [2.45, 2.75) is 37.3 Å². The first-order valence-electron chi connectivity index (χ1n) is 5.94. The Kier molecular flexibility index (Phi) is 4.34. The van der Waals surface area contributed by atoms with Gasteiger partial charge in [0.05, 0.1) is 0 Å². The molecule has 4 heteroatoms. The van der Waals surface area contributed by atoms with E-state index < -0.39 is 0 Å². The highest BCUT2D eigenvalue weighted by atomic mass is 35.5. The van der Waals surface area contributed by atoms with E-state index in [0.717, 1.165) is 29.8 Å². The fourth-order valence-corrected chi connectivity index (χ4v) is 3.74. The quantitative estimate of drug-likeness (QED) is 0.869. The summed E-state index contributed by atoms with van der Waals surface area (Å²) in [5.74, 6) is 0.633. The molecule has 17 heavy (non-hydrogen) atoms. The van der Waals surface area contributed by atoms with Gasteiger partial charge in [-0.05, 0) is 36.2 Å². The molecule has 2 rings (SSSR count). The van der Waals surface area contributed by atoms with Gasteiger partial charge in [0, 0.05) is 22.1 Å². The first kappa shape index (κ1) is 13.2. The van der Waals surface area contributed by atoms with E-state index in [9.17, 15) is 4.39 Å². The third-order valence-corrected chi connectivity index (χ3v) is 4.65. The predicted octanol–water partition coefficient (Wildman–Crippen LogP) is 4.16. The van der Waals surface area contributed by atoms with Crippen molar-refractivity contribution in [3.63, 3.8) is 0 Å². The first-order chi connectivity index (χ1) is 8.11. The highest BCUT2D eigenvalue weighted by molar-refractivity contribution is 7.99. The maximum atomic E-state index is 13.5. The molecule has 1 aromatic carbocycles. The summed E-state index contributed by atoms with van der Waals surface area (Å²) in [4.78, 5) is 0. The summed E-state index contributed by atoms with van der Waals surface area (Å²) in [7, 11) is 0. The maximum Gasteiger partial charge on any atom is 0.125 e. The van der Waals surface area contributed by atoms with Gasteiger partial charge in [0.1, 0.15) is 5.82 Å². The van der Waals surface area contributed by atoms with E-state index in [0.29, 0.717) is 10.3 Å². The molecule has 0 bridgehead atoms. The van der Waals surface area contributed by atoms with E-state index in [1.165, 1.54) is 6.07 Å². The maximum absolute atomic E-state index is 13.5. The fourth-order valence-electron chi connectivity index (χ4n) is 2.28. The summed E-state index contributed by atoms with van der Waals surface area (Å²) in [5.41, 5.74) is 2.13. The average Bonchev–Trinajstić information content (AvgIpc) is 2.40. The molecule has 0 fully saturated rings. The van der Waals surface area contributed by atoms with Crippen molar-refractivity contribution >= 4 is 23.4 Å². The first-order valence-corrected chi connectivity index (χ1v) is 7.37. The highest BCUT2D eigenvalue weighted by Crippen LogP contribution is 2.38. The van der Waals surface area contributed by atoms with Crippen LogP contribution in [0.2, 0.25) is 5.02 Å². The molecule has 1 aromatic rings. The SMILES string of the molecule is CCNC1CC(C)SCc2c(Cl)cc(F)cc21. The van der Waals surface area contributed by atoms with Crippen molar-refractivity contribution in [1.29, 1.82) is 0 Å². The van der Waals surface area contributed by atoms with E-state index in [-0.39, 0.29) is 11.9 Å². The number of halogens is 2. The van der Waals surface area contributed by atoms with Gasteiger partial charge in [-0.25, -0.2) is 4.39 Å². The third kappa shape index (κ3) is 2.95. The number of thioether (sulfide) groups is 1. The van der Waals surface area contributed by atoms with E-state index in [1.54, 1.807) is 6.07 Å². The second kappa shape index (κ2) is 5.59. The van der Waals surface area contributed by atoms with Gasteiger partial charge in [-0.3, -0.25) is 0 Å². The minimum absolute atomic E-state index is 0.216. The van der Waals surface area contributed by atoms with Gasteiger partial charge < -0.3 is 5.32 Å². The van der Waals surface area contributed by atoms with E-state index in [4.69, 9.17) is 11.6 Å². The molecule has 0 spiro atoms. The number of hydrogen-bond acceptors (Lipinski definition) is 2. The van der Waals surface area contributed by atoms with Crippen molar-refractivity contribution in [1.82, 2.24) is 5.32 Å². The van der Waals surface area contributed by atoms with Gasteiger partial charge in [-0.1, -0.05) is 25.4 Å². The summed E-state index contributed by atoms with van der Waals surface area (Å²) in [5, 5.41) is 4.55. The molecule has 0 amide bonds. The molecule has 1 aliphatic rings. The molecular weight excluding hydrogens is 257 g/mol. The highest BCUT2D eigenvalue weighted by Gasteiger charge is 2.24. The lowest BCUT2D eigenvalue weighted by Crippen LogP contribution is -2.23. The number of rotatable bonds is 2. The Balaban J connectivity index is 2.43. The zero-order valence-electron chi connectivity index (χ0n) is 10.1. The van der Waals surface area contributed by atoms with Crippen LogP contribution in [-0.4, -0.2) is 11.8 Å². The lowest BCUT2D eigenvalue weighted by Gasteiger charge is -2.20. The van der Waals surface area contributed by atoms with Gasteiger partial charge in [0.2, 0.25) is 0 Å². The zero-order chi connectivity index (χ0) is 12.4. The molecule has 1 N–H and O–H groups in total. The van der Waals surface area contributed by atoms with Crippen LogP contribution in [0, 0.1) is 5.82 Å². The zero-order valence-corrected chi connectivity index (χ0v) is 11.7. The van der Waals surface area contributed by atoms with E-state index in [1.807, 2.05) is 11.8 Å². The summed E-state index contributed by atoms with van der Waals surface area (Å²) in [6, 6.07) is 3.26. The molecule has 94 valence electrons. The van der Waals surface area contributed by atoms with Crippen molar-refractivity contribution < 1.29 is 4.39 Å². The van der Waals surface area contributed by atoms with Gasteiger partial charge in [0.15, 0.2) is 0 Å². The number of benzene rings is 1. The standard InChI is InChI=1S/C13H17ClFNS/c1-3-16-13-4-8(2)17-7-11-10(13)5-9(15)6-12(11)14/h5-6,8,13,16H,3-4,7H2,1-2H3. The molecule has 1 nitrogen and oxygen atoms in total. The summed E-state index contributed by atoms with van der Waals surface area (Å²) in [6.45, 7) is 5.17. The number of fused-ring (bicyclic) bond motifs is 1. The van der Waals surface area contributed by atoms with E-state index >= 15 is 0 Å². The van der Waals surface area contributed by atoms with Crippen LogP contribution in [-0.2, 0) is 5.75 Å². The summed E-state index contributed by atoms with van der Waals surface area (Å²) in [6.07, 6.45) is 1.02. The lowest BCUT2D eigenvalue weighted by molar-refractivity contribution is 0.511. The number of hydrogen-bond donors (Lipinski definition) is 1. The smallest absolute Gasteiger partial charge is 0.125 e. The van der Waals surface area contributed by atoms with Crippen LogP contribution in [0.3, 0.4) is 0 Å². The van der Waals surface area contributed by atoms with Crippen LogP contribution in [0.15, 0.2) is 12.1 Å². The van der Waals surface area contributed by atoms with Crippen LogP contribution < -0.4 is 5.32 Å². The van der Waals surface area contributed by atoms with Gasteiger partial charge in [0.25, 0.3) is 0 Å². The Morgan fingerprint density at radius 1 is 1.53 bits per heavy atom. The summed E-state index contributed by atoms with van der Waals surface area (Å²) < 4.78 is 13.5. The predicted molar refractivity (Wildman–Crippen MR) is 73.2 cm³/mol. The minimum Gasteiger partial charge on any atom is -0.310 e. The fraction of sp³-hybridized carbons (Fsp3) is 0.538. The van der Waals surface area contributed by atoms with Crippen LogP contribution in [0.5, 0.6) is 0 Å². The Hall–Kier alpha value is -0.250. The van der Waals surface area contributed by atoms with Gasteiger partial charge >= 0.3 is 0 Å². The largest absolute Gasteiger partial charge is 0.310 e. The van der Waals surface area contributed by atoms with Crippen molar-refractivity contribution in [2.24, 2.45) is 0 Å². The molecule has 2 atom stereocenters. The van der Waals surface area contributed by atoms with Gasteiger partial charge in [-0.2, -0.15) is 11.8 Å². The van der Waals surface area contributed by atoms with Crippen molar-refractivity contribution in [3.8, 4) is 0 Å². The minimum atomic E-state index is -0.240. The normalized spacial score (nSPS) is 24.2.